The van der Waals surface area contributed by atoms with Crippen molar-refractivity contribution in [1.29, 1.82) is 0 Å². The van der Waals surface area contributed by atoms with Crippen molar-refractivity contribution < 1.29 is 13.2 Å². The van der Waals surface area contributed by atoms with Crippen molar-refractivity contribution in [3.8, 4) is 0 Å². The first-order valence-electron chi connectivity index (χ1n) is 11.0. The van der Waals surface area contributed by atoms with Gasteiger partial charge in [-0.15, -0.1) is 0 Å². The molecule has 0 spiro atoms. The van der Waals surface area contributed by atoms with Gasteiger partial charge in [0.15, 0.2) is 0 Å². The number of fused-ring (bicyclic) bond motifs is 1. The molecule has 1 aliphatic heterocycles. The van der Waals surface area contributed by atoms with E-state index in [0.29, 0.717) is 11.1 Å². The van der Waals surface area contributed by atoms with Gasteiger partial charge in [0.25, 0.3) is 10.0 Å². The summed E-state index contributed by atoms with van der Waals surface area (Å²) in [5, 5.41) is 1.62. The smallest absolute Gasteiger partial charge is 0.262 e. The van der Waals surface area contributed by atoms with Crippen molar-refractivity contribution in [3.05, 3.63) is 66.2 Å². The van der Waals surface area contributed by atoms with E-state index in [2.05, 4.69) is 9.62 Å². The summed E-state index contributed by atoms with van der Waals surface area (Å²) in [5.41, 5.74) is 2.69. The van der Waals surface area contributed by atoms with Gasteiger partial charge in [0, 0.05) is 55.9 Å². The summed E-state index contributed by atoms with van der Waals surface area (Å²) in [4.78, 5) is 4.60. The van der Waals surface area contributed by atoms with Gasteiger partial charge in [-0.25, -0.2) is 8.42 Å². The number of sulfonamides is 1. The number of hydrogen-bond donors (Lipinski definition) is 1. The average molecular weight is 456 g/mol. The van der Waals surface area contributed by atoms with Gasteiger partial charge in [-0.1, -0.05) is 50.2 Å². The van der Waals surface area contributed by atoms with Crippen LogP contribution in [0.1, 0.15) is 19.4 Å². The van der Waals surface area contributed by atoms with E-state index >= 15 is 0 Å². The summed E-state index contributed by atoms with van der Waals surface area (Å²) in [6.45, 7) is 8.21. The number of rotatable bonds is 6. The lowest BCUT2D eigenvalue weighted by molar-refractivity contribution is 0.0342. The molecule has 1 aliphatic rings. The molecule has 0 unspecified atom stereocenters. The van der Waals surface area contributed by atoms with Gasteiger partial charge < -0.3 is 9.64 Å². The van der Waals surface area contributed by atoms with Crippen LogP contribution in [0.2, 0.25) is 0 Å². The predicted octanol–water partition coefficient (Wildman–Crippen LogP) is 4.57. The Morgan fingerprint density at radius 3 is 2.19 bits per heavy atom. The molecule has 0 saturated carbocycles. The van der Waals surface area contributed by atoms with Crippen LogP contribution in [0.15, 0.2) is 65.6 Å². The van der Waals surface area contributed by atoms with E-state index in [-0.39, 0.29) is 4.90 Å². The molecule has 32 heavy (non-hydrogen) atoms. The third kappa shape index (κ3) is 5.59. The van der Waals surface area contributed by atoms with Crippen LogP contribution >= 0.6 is 0 Å². The van der Waals surface area contributed by atoms with Gasteiger partial charge in [-0.05, 0) is 29.8 Å². The summed E-state index contributed by atoms with van der Waals surface area (Å²) in [5.74, 6) is 0. The van der Waals surface area contributed by atoms with E-state index in [1.165, 1.54) is 0 Å². The SMILES string of the molecule is CC.CN(C)c1cccc2c(S(=O)(=O)Nc3ccc(CN4CCOCC4)cc3)cccc12. The van der Waals surface area contributed by atoms with E-state index in [1.54, 1.807) is 12.1 Å². The second-order valence-electron chi connectivity index (χ2n) is 7.71. The normalized spacial score (nSPS) is 14.5. The van der Waals surface area contributed by atoms with Crippen LogP contribution in [0.5, 0.6) is 0 Å². The van der Waals surface area contributed by atoms with Crippen molar-refractivity contribution >= 4 is 32.2 Å². The molecule has 1 N–H and O–H groups in total. The van der Waals surface area contributed by atoms with Crippen molar-refractivity contribution in [2.24, 2.45) is 0 Å². The second kappa shape index (κ2) is 10.8. The maximum absolute atomic E-state index is 13.2. The summed E-state index contributed by atoms with van der Waals surface area (Å²) in [6.07, 6.45) is 0. The lowest BCUT2D eigenvalue weighted by Gasteiger charge is -2.26. The van der Waals surface area contributed by atoms with Gasteiger partial charge in [0.2, 0.25) is 0 Å². The van der Waals surface area contributed by atoms with Gasteiger partial charge >= 0.3 is 0 Å². The first-order chi connectivity index (χ1) is 15.4. The number of benzene rings is 3. The molecule has 6 nitrogen and oxygen atoms in total. The van der Waals surface area contributed by atoms with E-state index in [1.807, 2.05) is 81.4 Å². The van der Waals surface area contributed by atoms with Crippen LogP contribution in [0.4, 0.5) is 11.4 Å². The van der Waals surface area contributed by atoms with Crippen molar-refractivity contribution in [1.82, 2.24) is 4.90 Å². The monoisotopic (exact) mass is 455 g/mol. The number of nitrogens with zero attached hydrogens (tertiary/aromatic N) is 2. The minimum Gasteiger partial charge on any atom is -0.379 e. The Bertz CT molecular complexity index is 1120. The van der Waals surface area contributed by atoms with Crippen molar-refractivity contribution in [2.45, 2.75) is 25.3 Å². The Labute approximate surface area is 191 Å². The summed E-state index contributed by atoms with van der Waals surface area (Å²) in [7, 11) is 0.184. The van der Waals surface area contributed by atoms with Gasteiger partial charge in [0.1, 0.15) is 0 Å². The molecule has 0 aliphatic carbocycles. The minimum atomic E-state index is -3.72. The first kappa shape index (κ1) is 24.0. The molecule has 0 bridgehead atoms. The highest BCUT2D eigenvalue weighted by atomic mass is 32.2. The average Bonchev–Trinajstić information content (AvgIpc) is 2.81. The number of anilines is 2. The van der Waals surface area contributed by atoms with Gasteiger partial charge in [-0.3, -0.25) is 9.62 Å². The summed E-state index contributed by atoms with van der Waals surface area (Å²) in [6, 6.07) is 18.7. The highest BCUT2D eigenvalue weighted by Gasteiger charge is 2.19. The number of hydrogen-bond acceptors (Lipinski definition) is 5. The zero-order valence-electron chi connectivity index (χ0n) is 19.3. The van der Waals surface area contributed by atoms with Crippen molar-refractivity contribution in [3.63, 3.8) is 0 Å². The molecule has 1 fully saturated rings. The molecule has 0 atom stereocenters. The Morgan fingerprint density at radius 1 is 0.906 bits per heavy atom. The minimum absolute atomic E-state index is 0.279. The number of morpholine rings is 1. The molecule has 1 heterocycles. The van der Waals surface area contributed by atoms with Crippen LogP contribution in [0.25, 0.3) is 10.8 Å². The molecule has 3 aromatic carbocycles. The van der Waals surface area contributed by atoms with Crippen LogP contribution in [-0.4, -0.2) is 53.7 Å². The third-order valence-electron chi connectivity index (χ3n) is 5.35. The Hall–Kier alpha value is -2.61. The summed E-state index contributed by atoms with van der Waals surface area (Å²) < 4.78 is 34.4. The maximum Gasteiger partial charge on any atom is 0.262 e. The Kier molecular flexibility index (Phi) is 8.12. The second-order valence-corrected chi connectivity index (χ2v) is 9.36. The fourth-order valence-corrected chi connectivity index (χ4v) is 5.08. The largest absolute Gasteiger partial charge is 0.379 e. The quantitative estimate of drug-likeness (QED) is 0.590. The topological polar surface area (TPSA) is 61.9 Å². The van der Waals surface area contributed by atoms with Crippen molar-refractivity contribution in [2.75, 3.05) is 50.0 Å². The predicted molar refractivity (Wildman–Crippen MR) is 133 cm³/mol. The number of ether oxygens (including phenoxy) is 1. The Balaban J connectivity index is 0.00000141. The zero-order valence-corrected chi connectivity index (χ0v) is 20.2. The molecule has 0 aromatic heterocycles. The van der Waals surface area contributed by atoms with Gasteiger partial charge in [-0.2, -0.15) is 0 Å². The lowest BCUT2D eigenvalue weighted by Crippen LogP contribution is -2.35. The number of nitrogens with one attached hydrogen (secondary N) is 1. The van der Waals surface area contributed by atoms with Crippen LogP contribution in [-0.2, 0) is 21.3 Å². The molecule has 1 saturated heterocycles. The summed E-state index contributed by atoms with van der Waals surface area (Å²) >= 11 is 0. The first-order valence-corrected chi connectivity index (χ1v) is 12.5. The lowest BCUT2D eigenvalue weighted by atomic mass is 10.1. The fraction of sp³-hybridized carbons (Fsp3) is 0.360. The van der Waals surface area contributed by atoms with Crippen LogP contribution in [0.3, 0.4) is 0 Å². The van der Waals surface area contributed by atoms with Crippen LogP contribution < -0.4 is 9.62 Å². The third-order valence-corrected chi connectivity index (χ3v) is 6.79. The van der Waals surface area contributed by atoms with E-state index in [0.717, 1.165) is 49.5 Å². The molecule has 4 rings (SSSR count). The highest BCUT2D eigenvalue weighted by Crippen LogP contribution is 2.31. The molecule has 3 aromatic rings. The molecule has 0 amide bonds. The van der Waals surface area contributed by atoms with Gasteiger partial charge in [0.05, 0.1) is 18.1 Å². The molecule has 172 valence electrons. The fourth-order valence-electron chi connectivity index (χ4n) is 3.79. The van der Waals surface area contributed by atoms with Crippen LogP contribution in [0, 0.1) is 0 Å². The zero-order chi connectivity index (χ0) is 23.1. The molecular formula is C25H33N3O3S. The van der Waals surface area contributed by atoms with E-state index in [4.69, 9.17) is 4.74 Å². The Morgan fingerprint density at radius 2 is 1.53 bits per heavy atom. The van der Waals surface area contributed by atoms with E-state index < -0.39 is 10.0 Å². The molecule has 7 heteroatoms. The standard InChI is InChI=1S/C23H27N3O3S.C2H6/c1-25(2)22-7-3-6-21-20(22)5-4-8-23(21)30(27,28)24-19-11-9-18(10-12-19)17-26-13-15-29-16-14-26;1-2/h3-12,24H,13-17H2,1-2H3;1-2H3. The highest BCUT2D eigenvalue weighted by molar-refractivity contribution is 7.93. The van der Waals surface area contributed by atoms with E-state index in [9.17, 15) is 8.42 Å². The molecule has 0 radical (unpaired) electrons. The maximum atomic E-state index is 13.2. The molecular weight excluding hydrogens is 422 g/mol.